The molecule has 2 unspecified atom stereocenters. The third-order valence-electron chi connectivity index (χ3n) is 3.37. The van der Waals surface area contributed by atoms with E-state index in [1.54, 1.807) is 0 Å². The van der Waals surface area contributed by atoms with E-state index in [9.17, 15) is 5.11 Å². The molecule has 0 amide bonds. The monoisotopic (exact) mass is 155 g/mol. The van der Waals surface area contributed by atoms with Crippen molar-refractivity contribution in [1.29, 1.82) is 0 Å². The summed E-state index contributed by atoms with van der Waals surface area (Å²) in [6, 6.07) is 0.486. The molecule has 1 heterocycles. The van der Waals surface area contributed by atoms with Crippen LogP contribution in [0.3, 0.4) is 0 Å². The van der Waals surface area contributed by atoms with Crippen LogP contribution in [0.15, 0.2) is 0 Å². The van der Waals surface area contributed by atoms with Gasteiger partial charge >= 0.3 is 0 Å². The molecule has 11 heavy (non-hydrogen) atoms. The normalized spacial score (nSPS) is 36.0. The fraction of sp³-hybridized carbons (Fsp3) is 1.00. The number of hydrogen-bond donors (Lipinski definition) is 1. The van der Waals surface area contributed by atoms with Crippen molar-refractivity contribution in [2.24, 2.45) is 5.92 Å². The molecular formula is C9H17NO. The smallest absolute Gasteiger partial charge is 0.0723 e. The molecule has 1 aliphatic heterocycles. The number of rotatable bonds is 2. The van der Waals surface area contributed by atoms with E-state index in [4.69, 9.17) is 0 Å². The summed E-state index contributed by atoms with van der Waals surface area (Å²) in [4.78, 5) is 2.27. The van der Waals surface area contributed by atoms with Gasteiger partial charge in [0.15, 0.2) is 0 Å². The van der Waals surface area contributed by atoms with Crippen molar-refractivity contribution in [2.45, 2.75) is 37.8 Å². The van der Waals surface area contributed by atoms with Gasteiger partial charge in [0.1, 0.15) is 0 Å². The molecule has 0 bridgehead atoms. The van der Waals surface area contributed by atoms with Gasteiger partial charge in [0, 0.05) is 6.04 Å². The van der Waals surface area contributed by atoms with Gasteiger partial charge in [-0.2, -0.15) is 0 Å². The van der Waals surface area contributed by atoms with E-state index in [1.165, 1.54) is 32.2 Å². The molecule has 2 aliphatic rings. The number of nitrogens with zero attached hydrogens (tertiary/aromatic N) is 1. The summed E-state index contributed by atoms with van der Waals surface area (Å²) in [5, 5.41) is 9.82. The van der Waals surface area contributed by atoms with Gasteiger partial charge in [0.05, 0.1) is 6.10 Å². The lowest BCUT2D eigenvalue weighted by Gasteiger charge is -2.45. The molecule has 0 aromatic heterocycles. The average Bonchev–Trinajstić information content (AvgIpc) is 1.80. The lowest BCUT2D eigenvalue weighted by atomic mass is 9.76. The molecule has 2 fully saturated rings. The van der Waals surface area contributed by atoms with E-state index < -0.39 is 0 Å². The standard InChI is InChI=1S/C9H17NO/c1-10-6-5-8(10)9(11)7-3-2-4-7/h7-9,11H,2-6H2,1H3. The van der Waals surface area contributed by atoms with Crippen molar-refractivity contribution in [2.75, 3.05) is 13.6 Å². The first-order valence-electron chi connectivity index (χ1n) is 4.67. The highest BCUT2D eigenvalue weighted by molar-refractivity contribution is 4.91. The minimum Gasteiger partial charge on any atom is -0.391 e. The first-order valence-corrected chi connectivity index (χ1v) is 4.67. The second kappa shape index (κ2) is 2.76. The molecule has 1 saturated heterocycles. The van der Waals surface area contributed by atoms with Gasteiger partial charge in [-0.05, 0) is 38.8 Å². The molecule has 0 radical (unpaired) electrons. The number of likely N-dealkylation sites (tertiary alicyclic amines) is 1. The van der Waals surface area contributed by atoms with E-state index in [-0.39, 0.29) is 6.10 Å². The third kappa shape index (κ3) is 1.18. The van der Waals surface area contributed by atoms with Crippen molar-refractivity contribution in [1.82, 2.24) is 4.90 Å². The molecular weight excluding hydrogens is 138 g/mol. The summed E-state index contributed by atoms with van der Waals surface area (Å²) in [7, 11) is 2.11. The summed E-state index contributed by atoms with van der Waals surface area (Å²) in [5.41, 5.74) is 0. The summed E-state index contributed by atoms with van der Waals surface area (Å²) < 4.78 is 0. The quantitative estimate of drug-likeness (QED) is 0.639. The van der Waals surface area contributed by atoms with Crippen molar-refractivity contribution in [3.63, 3.8) is 0 Å². The second-order valence-electron chi connectivity index (χ2n) is 4.02. The number of likely N-dealkylation sites (N-methyl/N-ethyl adjacent to an activating group) is 1. The Morgan fingerprint density at radius 1 is 1.36 bits per heavy atom. The van der Waals surface area contributed by atoms with Crippen LogP contribution >= 0.6 is 0 Å². The number of aliphatic hydroxyl groups excluding tert-OH is 1. The van der Waals surface area contributed by atoms with Crippen molar-refractivity contribution in [3.05, 3.63) is 0 Å². The zero-order valence-corrected chi connectivity index (χ0v) is 7.16. The highest BCUT2D eigenvalue weighted by Gasteiger charge is 2.37. The maximum Gasteiger partial charge on any atom is 0.0723 e. The lowest BCUT2D eigenvalue weighted by Crippen LogP contribution is -2.54. The number of aliphatic hydroxyl groups is 1. The predicted molar refractivity (Wildman–Crippen MR) is 44.4 cm³/mol. The average molecular weight is 155 g/mol. The first-order chi connectivity index (χ1) is 5.29. The van der Waals surface area contributed by atoms with Gasteiger partial charge in [-0.15, -0.1) is 0 Å². The molecule has 2 heteroatoms. The van der Waals surface area contributed by atoms with Crippen LogP contribution < -0.4 is 0 Å². The Balaban J connectivity index is 1.83. The molecule has 2 atom stereocenters. The highest BCUT2D eigenvalue weighted by atomic mass is 16.3. The minimum absolute atomic E-state index is 0.0255. The van der Waals surface area contributed by atoms with Crippen LogP contribution in [0.1, 0.15) is 25.7 Å². The van der Waals surface area contributed by atoms with Gasteiger partial charge in [-0.25, -0.2) is 0 Å². The van der Waals surface area contributed by atoms with Gasteiger partial charge in [-0.3, -0.25) is 0 Å². The Labute approximate surface area is 68.2 Å². The summed E-state index contributed by atoms with van der Waals surface area (Å²) in [5.74, 6) is 0.628. The van der Waals surface area contributed by atoms with E-state index >= 15 is 0 Å². The second-order valence-corrected chi connectivity index (χ2v) is 4.02. The van der Waals surface area contributed by atoms with Crippen LogP contribution in [0.4, 0.5) is 0 Å². The van der Waals surface area contributed by atoms with E-state index in [2.05, 4.69) is 11.9 Å². The molecule has 1 N–H and O–H groups in total. The first kappa shape index (κ1) is 7.56. The maximum absolute atomic E-state index is 9.82. The maximum atomic E-state index is 9.82. The summed E-state index contributed by atoms with van der Waals surface area (Å²) in [6.45, 7) is 1.18. The van der Waals surface area contributed by atoms with Crippen molar-refractivity contribution in [3.8, 4) is 0 Å². The van der Waals surface area contributed by atoms with Gasteiger partial charge < -0.3 is 10.0 Å². The Morgan fingerprint density at radius 2 is 2.09 bits per heavy atom. The minimum atomic E-state index is -0.0255. The Morgan fingerprint density at radius 3 is 2.36 bits per heavy atom. The SMILES string of the molecule is CN1CCC1C(O)C1CCC1. The molecule has 2 rings (SSSR count). The van der Waals surface area contributed by atoms with Gasteiger partial charge in [-0.1, -0.05) is 6.42 Å². The topological polar surface area (TPSA) is 23.5 Å². The predicted octanol–water partition coefficient (Wildman–Crippen LogP) is 0.851. The molecule has 2 nitrogen and oxygen atoms in total. The fourth-order valence-electron chi connectivity index (χ4n) is 2.06. The zero-order chi connectivity index (χ0) is 7.84. The largest absolute Gasteiger partial charge is 0.391 e. The van der Waals surface area contributed by atoms with Gasteiger partial charge in [0.25, 0.3) is 0 Å². The molecule has 0 aromatic rings. The van der Waals surface area contributed by atoms with E-state index in [1.807, 2.05) is 0 Å². The molecule has 0 spiro atoms. The Hall–Kier alpha value is -0.0800. The van der Waals surface area contributed by atoms with E-state index in [0.717, 1.165) is 0 Å². The molecule has 0 aromatic carbocycles. The van der Waals surface area contributed by atoms with Crippen LogP contribution in [0, 0.1) is 5.92 Å². The van der Waals surface area contributed by atoms with Crippen molar-refractivity contribution < 1.29 is 5.11 Å². The van der Waals surface area contributed by atoms with Crippen LogP contribution in [0.25, 0.3) is 0 Å². The zero-order valence-electron chi connectivity index (χ0n) is 7.16. The molecule has 1 aliphatic carbocycles. The molecule has 1 saturated carbocycles. The third-order valence-corrected chi connectivity index (χ3v) is 3.37. The van der Waals surface area contributed by atoms with Gasteiger partial charge in [0.2, 0.25) is 0 Å². The highest BCUT2D eigenvalue weighted by Crippen LogP contribution is 2.34. The Kier molecular flexibility index (Phi) is 1.90. The summed E-state index contributed by atoms with van der Waals surface area (Å²) in [6.07, 6.45) is 5.02. The van der Waals surface area contributed by atoms with Crippen LogP contribution in [0.5, 0.6) is 0 Å². The Bertz CT molecular complexity index is 144. The lowest BCUT2D eigenvalue weighted by molar-refractivity contribution is -0.0485. The van der Waals surface area contributed by atoms with Crippen LogP contribution in [-0.2, 0) is 0 Å². The van der Waals surface area contributed by atoms with Crippen LogP contribution in [0.2, 0.25) is 0 Å². The summed E-state index contributed by atoms with van der Waals surface area (Å²) >= 11 is 0. The van der Waals surface area contributed by atoms with Crippen molar-refractivity contribution >= 4 is 0 Å². The number of hydrogen-bond acceptors (Lipinski definition) is 2. The van der Waals surface area contributed by atoms with Crippen LogP contribution in [-0.4, -0.2) is 35.7 Å². The fourth-order valence-corrected chi connectivity index (χ4v) is 2.06. The van der Waals surface area contributed by atoms with E-state index in [0.29, 0.717) is 12.0 Å². The molecule has 64 valence electrons.